The smallest absolute Gasteiger partial charge is 0.220 e. The molecule has 122 valence electrons. The van der Waals surface area contributed by atoms with Gasteiger partial charge in [-0.3, -0.25) is 4.79 Å². The third-order valence-electron chi connectivity index (χ3n) is 4.15. The van der Waals surface area contributed by atoms with E-state index in [1.165, 1.54) is 16.3 Å². The van der Waals surface area contributed by atoms with Crippen LogP contribution in [-0.2, 0) is 17.8 Å². The topological polar surface area (TPSA) is 38.3 Å². The Kier molecular flexibility index (Phi) is 5.12. The molecule has 0 bridgehead atoms. The Labute approximate surface area is 142 Å². The number of fused-ring (bicyclic) bond motifs is 1. The van der Waals surface area contributed by atoms with Gasteiger partial charge in [0.2, 0.25) is 5.91 Å². The van der Waals surface area contributed by atoms with Crippen LogP contribution in [0.2, 0.25) is 0 Å². The highest BCUT2D eigenvalue weighted by atomic mass is 16.5. The standard InChI is InChI=1S/C21H21NO2/c1-24-19-12-9-16(10-13-19)15-22-21(23)14-11-18-7-4-6-17-5-2-3-8-20(17)18/h2-10,12-13H,11,14-15H2,1H3,(H,22,23). The molecule has 3 rings (SSSR count). The minimum atomic E-state index is 0.0683. The van der Waals surface area contributed by atoms with Crippen LogP contribution < -0.4 is 10.1 Å². The Morgan fingerprint density at radius 3 is 2.50 bits per heavy atom. The molecule has 0 spiro atoms. The molecule has 24 heavy (non-hydrogen) atoms. The van der Waals surface area contributed by atoms with Crippen molar-refractivity contribution in [2.24, 2.45) is 0 Å². The van der Waals surface area contributed by atoms with E-state index in [1.807, 2.05) is 42.5 Å². The van der Waals surface area contributed by atoms with Crippen LogP contribution in [-0.4, -0.2) is 13.0 Å². The third-order valence-corrected chi connectivity index (χ3v) is 4.15. The van der Waals surface area contributed by atoms with Crippen molar-refractivity contribution < 1.29 is 9.53 Å². The van der Waals surface area contributed by atoms with Crippen LogP contribution in [0, 0.1) is 0 Å². The van der Waals surface area contributed by atoms with E-state index < -0.39 is 0 Å². The van der Waals surface area contributed by atoms with Crippen LogP contribution >= 0.6 is 0 Å². The monoisotopic (exact) mass is 319 g/mol. The van der Waals surface area contributed by atoms with E-state index in [4.69, 9.17) is 4.74 Å². The molecule has 1 N–H and O–H groups in total. The molecule has 3 nitrogen and oxygen atoms in total. The summed E-state index contributed by atoms with van der Waals surface area (Å²) in [5, 5.41) is 5.42. The van der Waals surface area contributed by atoms with Gasteiger partial charge in [-0.25, -0.2) is 0 Å². The van der Waals surface area contributed by atoms with Gasteiger partial charge in [-0.1, -0.05) is 54.6 Å². The van der Waals surface area contributed by atoms with Gasteiger partial charge in [-0.15, -0.1) is 0 Å². The van der Waals surface area contributed by atoms with Crippen molar-refractivity contribution in [1.29, 1.82) is 0 Å². The van der Waals surface area contributed by atoms with E-state index in [0.29, 0.717) is 13.0 Å². The molecule has 0 saturated heterocycles. The number of carbonyl (C=O) groups excluding carboxylic acids is 1. The van der Waals surface area contributed by atoms with Crippen molar-refractivity contribution >= 4 is 16.7 Å². The van der Waals surface area contributed by atoms with Crippen molar-refractivity contribution in [2.75, 3.05) is 7.11 Å². The average molecular weight is 319 g/mol. The second-order valence-corrected chi connectivity index (χ2v) is 5.76. The Morgan fingerprint density at radius 1 is 0.958 bits per heavy atom. The van der Waals surface area contributed by atoms with E-state index in [0.717, 1.165) is 17.7 Å². The quantitative estimate of drug-likeness (QED) is 0.743. The zero-order valence-corrected chi connectivity index (χ0v) is 13.8. The lowest BCUT2D eigenvalue weighted by Gasteiger charge is -2.08. The van der Waals surface area contributed by atoms with Gasteiger partial charge >= 0.3 is 0 Å². The fourth-order valence-corrected chi connectivity index (χ4v) is 2.79. The Bertz CT molecular complexity index is 819. The highest BCUT2D eigenvalue weighted by molar-refractivity contribution is 5.86. The average Bonchev–Trinajstić information content (AvgIpc) is 2.65. The summed E-state index contributed by atoms with van der Waals surface area (Å²) in [6, 6.07) is 22.3. The Balaban J connectivity index is 1.55. The number of rotatable bonds is 6. The van der Waals surface area contributed by atoms with E-state index in [-0.39, 0.29) is 5.91 Å². The maximum atomic E-state index is 12.1. The van der Waals surface area contributed by atoms with E-state index in [2.05, 4.69) is 29.6 Å². The molecule has 0 unspecified atom stereocenters. The van der Waals surface area contributed by atoms with E-state index in [1.54, 1.807) is 7.11 Å². The highest BCUT2D eigenvalue weighted by Gasteiger charge is 2.05. The molecule has 0 aliphatic carbocycles. The third kappa shape index (κ3) is 3.93. The summed E-state index contributed by atoms with van der Waals surface area (Å²) in [7, 11) is 1.64. The van der Waals surface area contributed by atoms with Crippen LogP contribution in [0.15, 0.2) is 66.7 Å². The highest BCUT2D eigenvalue weighted by Crippen LogP contribution is 2.19. The molecule has 0 fully saturated rings. The Hall–Kier alpha value is -2.81. The second-order valence-electron chi connectivity index (χ2n) is 5.76. The largest absolute Gasteiger partial charge is 0.497 e. The fourth-order valence-electron chi connectivity index (χ4n) is 2.79. The number of hydrogen-bond acceptors (Lipinski definition) is 2. The molecule has 0 saturated carbocycles. The second kappa shape index (κ2) is 7.64. The van der Waals surface area contributed by atoms with Gasteiger partial charge in [0.25, 0.3) is 0 Å². The van der Waals surface area contributed by atoms with Crippen molar-refractivity contribution in [3.8, 4) is 5.75 Å². The number of hydrogen-bond donors (Lipinski definition) is 1. The van der Waals surface area contributed by atoms with Gasteiger partial charge in [-0.05, 0) is 40.5 Å². The molecular formula is C21H21NO2. The molecule has 0 heterocycles. The molecule has 0 aliphatic heterocycles. The number of carbonyl (C=O) groups is 1. The number of amides is 1. The first-order valence-corrected chi connectivity index (χ1v) is 8.12. The van der Waals surface area contributed by atoms with Crippen LogP contribution in [0.3, 0.4) is 0 Å². The van der Waals surface area contributed by atoms with Gasteiger partial charge in [-0.2, -0.15) is 0 Å². The lowest BCUT2D eigenvalue weighted by molar-refractivity contribution is -0.121. The normalized spacial score (nSPS) is 10.5. The van der Waals surface area contributed by atoms with Gasteiger partial charge in [0.15, 0.2) is 0 Å². The number of methoxy groups -OCH3 is 1. The Morgan fingerprint density at radius 2 is 1.71 bits per heavy atom. The summed E-state index contributed by atoms with van der Waals surface area (Å²) in [5.74, 6) is 0.889. The first-order chi connectivity index (χ1) is 11.8. The van der Waals surface area contributed by atoms with Crippen LogP contribution in [0.5, 0.6) is 5.75 Å². The number of aryl methyl sites for hydroxylation is 1. The van der Waals surface area contributed by atoms with E-state index >= 15 is 0 Å². The van der Waals surface area contributed by atoms with E-state index in [9.17, 15) is 4.79 Å². The first kappa shape index (κ1) is 16.1. The molecule has 0 atom stereocenters. The van der Waals surface area contributed by atoms with Crippen molar-refractivity contribution in [1.82, 2.24) is 5.32 Å². The molecular weight excluding hydrogens is 298 g/mol. The van der Waals surface area contributed by atoms with Crippen LogP contribution in [0.1, 0.15) is 17.5 Å². The summed E-state index contributed by atoms with van der Waals surface area (Å²) in [6.45, 7) is 0.540. The van der Waals surface area contributed by atoms with Gasteiger partial charge in [0.1, 0.15) is 5.75 Å². The maximum absolute atomic E-state index is 12.1. The summed E-state index contributed by atoms with van der Waals surface area (Å²) >= 11 is 0. The molecule has 0 radical (unpaired) electrons. The fraction of sp³-hybridized carbons (Fsp3) is 0.190. The zero-order valence-electron chi connectivity index (χ0n) is 13.8. The SMILES string of the molecule is COc1ccc(CNC(=O)CCc2cccc3ccccc23)cc1. The van der Waals surface area contributed by atoms with Gasteiger partial charge < -0.3 is 10.1 Å². The van der Waals surface area contributed by atoms with Crippen LogP contribution in [0.25, 0.3) is 10.8 Å². The van der Waals surface area contributed by atoms with Gasteiger partial charge in [0, 0.05) is 13.0 Å². The minimum Gasteiger partial charge on any atom is -0.497 e. The molecule has 0 aliphatic rings. The molecule has 3 heteroatoms. The number of ether oxygens (including phenoxy) is 1. The number of benzene rings is 3. The number of nitrogens with one attached hydrogen (secondary N) is 1. The molecule has 3 aromatic rings. The maximum Gasteiger partial charge on any atom is 0.220 e. The lowest BCUT2D eigenvalue weighted by atomic mass is 10.0. The first-order valence-electron chi connectivity index (χ1n) is 8.12. The van der Waals surface area contributed by atoms with Crippen molar-refractivity contribution in [3.05, 3.63) is 77.9 Å². The summed E-state index contributed by atoms with van der Waals surface area (Å²) in [5.41, 5.74) is 2.28. The zero-order chi connectivity index (χ0) is 16.8. The molecule has 1 amide bonds. The van der Waals surface area contributed by atoms with Gasteiger partial charge in [0.05, 0.1) is 7.11 Å². The van der Waals surface area contributed by atoms with Crippen molar-refractivity contribution in [3.63, 3.8) is 0 Å². The van der Waals surface area contributed by atoms with Crippen molar-refractivity contribution in [2.45, 2.75) is 19.4 Å². The minimum absolute atomic E-state index is 0.0683. The van der Waals surface area contributed by atoms with Crippen LogP contribution in [0.4, 0.5) is 0 Å². The predicted molar refractivity (Wildman–Crippen MR) is 97.1 cm³/mol. The predicted octanol–water partition coefficient (Wildman–Crippen LogP) is 4.10. The summed E-state index contributed by atoms with van der Waals surface area (Å²) in [6.07, 6.45) is 1.24. The summed E-state index contributed by atoms with van der Waals surface area (Å²) < 4.78 is 5.13. The lowest BCUT2D eigenvalue weighted by Crippen LogP contribution is -2.23. The molecule has 3 aromatic carbocycles. The molecule has 0 aromatic heterocycles. The summed E-state index contributed by atoms with van der Waals surface area (Å²) in [4.78, 5) is 12.1.